The Morgan fingerprint density at radius 1 is 1.25 bits per heavy atom. The van der Waals surface area contributed by atoms with Gasteiger partial charge in [0.2, 0.25) is 5.91 Å². The van der Waals surface area contributed by atoms with Crippen molar-refractivity contribution < 1.29 is 4.79 Å². The third-order valence-electron chi connectivity index (χ3n) is 2.19. The first-order valence-corrected chi connectivity index (χ1v) is 5.33. The first kappa shape index (κ1) is 14.9. The van der Waals surface area contributed by atoms with Crippen molar-refractivity contribution in [1.82, 2.24) is 5.32 Å². The summed E-state index contributed by atoms with van der Waals surface area (Å²) in [4.78, 5) is 11.2. The molecule has 0 fully saturated rings. The molecule has 1 rings (SSSR count). The molecule has 0 spiro atoms. The van der Waals surface area contributed by atoms with Gasteiger partial charge in [0.05, 0.1) is 0 Å². The van der Waals surface area contributed by atoms with Crippen molar-refractivity contribution in [1.29, 1.82) is 0 Å². The Labute approximate surface area is 103 Å². The van der Waals surface area contributed by atoms with Gasteiger partial charge in [-0.3, -0.25) is 4.79 Å². The van der Waals surface area contributed by atoms with Crippen LogP contribution in [0, 0.1) is 0 Å². The summed E-state index contributed by atoms with van der Waals surface area (Å²) in [5.74, 6) is 0.0939. The second-order valence-electron chi connectivity index (χ2n) is 3.48. The molecule has 0 unspecified atom stereocenters. The number of amides is 1. The Bertz CT molecular complexity index is 290. The maximum Gasteiger partial charge on any atom is 0.220 e. The van der Waals surface area contributed by atoms with Crippen LogP contribution in [0.3, 0.4) is 0 Å². The average molecular weight is 243 g/mol. The minimum absolute atomic E-state index is 0. The molecular formula is C12H19ClN2O. The van der Waals surface area contributed by atoms with Crippen LogP contribution < -0.4 is 11.1 Å². The van der Waals surface area contributed by atoms with Crippen LogP contribution in [0.4, 0.5) is 0 Å². The second kappa shape index (κ2) is 9.19. The maximum atomic E-state index is 11.2. The number of benzene rings is 1. The molecule has 3 N–H and O–H groups in total. The standard InChI is InChI=1S/C12H18N2O.ClH/c13-9-4-7-12(15)14-10-8-11-5-2-1-3-6-11;/h1-3,5-6H,4,7-10,13H2,(H,14,15);1H. The van der Waals surface area contributed by atoms with E-state index in [4.69, 9.17) is 5.73 Å². The van der Waals surface area contributed by atoms with E-state index in [0.29, 0.717) is 19.5 Å². The van der Waals surface area contributed by atoms with Crippen LogP contribution in [0.2, 0.25) is 0 Å². The zero-order chi connectivity index (χ0) is 10.9. The van der Waals surface area contributed by atoms with Crippen LogP contribution in [0.1, 0.15) is 18.4 Å². The Morgan fingerprint density at radius 3 is 2.56 bits per heavy atom. The van der Waals surface area contributed by atoms with Crippen molar-refractivity contribution >= 4 is 18.3 Å². The van der Waals surface area contributed by atoms with Crippen molar-refractivity contribution in [3.63, 3.8) is 0 Å². The van der Waals surface area contributed by atoms with Crippen molar-refractivity contribution in [3.8, 4) is 0 Å². The number of nitrogens with one attached hydrogen (secondary N) is 1. The molecule has 16 heavy (non-hydrogen) atoms. The molecule has 0 aromatic heterocycles. The highest BCUT2D eigenvalue weighted by atomic mass is 35.5. The van der Waals surface area contributed by atoms with Gasteiger partial charge in [-0.05, 0) is 24.9 Å². The second-order valence-corrected chi connectivity index (χ2v) is 3.48. The van der Waals surface area contributed by atoms with E-state index >= 15 is 0 Å². The van der Waals surface area contributed by atoms with Gasteiger partial charge < -0.3 is 11.1 Å². The van der Waals surface area contributed by atoms with Gasteiger partial charge >= 0.3 is 0 Å². The van der Waals surface area contributed by atoms with Crippen molar-refractivity contribution in [2.45, 2.75) is 19.3 Å². The highest BCUT2D eigenvalue weighted by molar-refractivity contribution is 5.85. The lowest BCUT2D eigenvalue weighted by Gasteiger charge is -2.04. The highest BCUT2D eigenvalue weighted by Gasteiger charge is 1.99. The van der Waals surface area contributed by atoms with E-state index in [2.05, 4.69) is 17.4 Å². The number of carbonyl (C=O) groups excluding carboxylic acids is 1. The van der Waals surface area contributed by atoms with Gasteiger partial charge in [-0.25, -0.2) is 0 Å². The third-order valence-corrected chi connectivity index (χ3v) is 2.19. The first-order chi connectivity index (χ1) is 7.33. The summed E-state index contributed by atoms with van der Waals surface area (Å²) in [5, 5.41) is 2.87. The van der Waals surface area contributed by atoms with E-state index in [1.165, 1.54) is 5.56 Å². The van der Waals surface area contributed by atoms with Crippen molar-refractivity contribution in [2.75, 3.05) is 13.1 Å². The third kappa shape index (κ3) is 6.43. The Morgan fingerprint density at radius 2 is 1.94 bits per heavy atom. The van der Waals surface area contributed by atoms with Gasteiger partial charge in [0.15, 0.2) is 0 Å². The van der Waals surface area contributed by atoms with Crippen LogP contribution in [0.15, 0.2) is 30.3 Å². The monoisotopic (exact) mass is 242 g/mol. The van der Waals surface area contributed by atoms with Crippen LogP contribution in [0.25, 0.3) is 0 Å². The summed E-state index contributed by atoms with van der Waals surface area (Å²) in [7, 11) is 0. The lowest BCUT2D eigenvalue weighted by Crippen LogP contribution is -2.25. The lowest BCUT2D eigenvalue weighted by molar-refractivity contribution is -0.121. The highest BCUT2D eigenvalue weighted by Crippen LogP contribution is 1.98. The Kier molecular flexibility index (Phi) is 8.58. The van der Waals surface area contributed by atoms with Crippen molar-refractivity contribution in [2.24, 2.45) is 5.73 Å². The van der Waals surface area contributed by atoms with E-state index in [-0.39, 0.29) is 18.3 Å². The molecular weight excluding hydrogens is 224 g/mol. The smallest absolute Gasteiger partial charge is 0.220 e. The summed E-state index contributed by atoms with van der Waals surface area (Å²) in [6, 6.07) is 10.1. The van der Waals surface area contributed by atoms with Gasteiger partial charge in [-0.15, -0.1) is 12.4 Å². The zero-order valence-corrected chi connectivity index (χ0v) is 10.1. The van der Waals surface area contributed by atoms with E-state index in [1.807, 2.05) is 18.2 Å². The summed E-state index contributed by atoms with van der Waals surface area (Å²) in [6.45, 7) is 1.28. The van der Waals surface area contributed by atoms with E-state index < -0.39 is 0 Å². The fourth-order valence-corrected chi connectivity index (χ4v) is 1.34. The molecule has 90 valence electrons. The molecule has 0 atom stereocenters. The topological polar surface area (TPSA) is 55.1 Å². The number of halogens is 1. The lowest BCUT2D eigenvalue weighted by atomic mass is 10.1. The van der Waals surface area contributed by atoms with Crippen LogP contribution >= 0.6 is 12.4 Å². The van der Waals surface area contributed by atoms with Crippen LogP contribution in [0.5, 0.6) is 0 Å². The number of hydrogen-bond acceptors (Lipinski definition) is 2. The van der Waals surface area contributed by atoms with Gasteiger partial charge in [-0.2, -0.15) is 0 Å². The molecule has 0 aliphatic rings. The molecule has 0 heterocycles. The largest absolute Gasteiger partial charge is 0.356 e. The maximum absolute atomic E-state index is 11.2. The van der Waals surface area contributed by atoms with Crippen molar-refractivity contribution in [3.05, 3.63) is 35.9 Å². The summed E-state index contributed by atoms with van der Waals surface area (Å²) < 4.78 is 0. The first-order valence-electron chi connectivity index (χ1n) is 5.33. The average Bonchev–Trinajstić information content (AvgIpc) is 2.28. The molecule has 3 nitrogen and oxygen atoms in total. The van der Waals surface area contributed by atoms with Crippen LogP contribution in [-0.2, 0) is 11.2 Å². The minimum atomic E-state index is 0. The van der Waals surface area contributed by atoms with E-state index in [9.17, 15) is 4.79 Å². The van der Waals surface area contributed by atoms with E-state index in [0.717, 1.165) is 12.8 Å². The molecule has 0 saturated carbocycles. The normalized spacial score (nSPS) is 9.31. The number of rotatable bonds is 6. The molecule has 1 amide bonds. The molecule has 0 radical (unpaired) electrons. The SMILES string of the molecule is Cl.NCCCC(=O)NCCc1ccccc1. The number of hydrogen-bond donors (Lipinski definition) is 2. The van der Waals surface area contributed by atoms with Gasteiger partial charge in [-0.1, -0.05) is 30.3 Å². The minimum Gasteiger partial charge on any atom is -0.356 e. The number of nitrogens with two attached hydrogens (primary N) is 1. The molecule has 0 aliphatic carbocycles. The zero-order valence-electron chi connectivity index (χ0n) is 9.32. The molecule has 1 aromatic rings. The fraction of sp³-hybridized carbons (Fsp3) is 0.417. The number of carbonyl (C=O) groups is 1. The molecule has 1 aromatic carbocycles. The summed E-state index contributed by atoms with van der Waals surface area (Å²) >= 11 is 0. The Hall–Kier alpha value is -1.06. The predicted octanol–water partition coefficient (Wildman–Crippen LogP) is 1.51. The molecule has 0 bridgehead atoms. The van der Waals surface area contributed by atoms with Gasteiger partial charge in [0.25, 0.3) is 0 Å². The van der Waals surface area contributed by atoms with Crippen LogP contribution in [-0.4, -0.2) is 19.0 Å². The van der Waals surface area contributed by atoms with Gasteiger partial charge in [0.1, 0.15) is 0 Å². The molecule has 4 heteroatoms. The Balaban J connectivity index is 0.00000225. The quantitative estimate of drug-likeness (QED) is 0.795. The molecule has 0 aliphatic heterocycles. The van der Waals surface area contributed by atoms with E-state index in [1.54, 1.807) is 0 Å². The van der Waals surface area contributed by atoms with Gasteiger partial charge in [0, 0.05) is 13.0 Å². The fourth-order valence-electron chi connectivity index (χ4n) is 1.34. The molecule has 0 saturated heterocycles. The predicted molar refractivity (Wildman–Crippen MR) is 68.7 cm³/mol. The summed E-state index contributed by atoms with van der Waals surface area (Å²) in [6.07, 6.45) is 2.18. The summed E-state index contributed by atoms with van der Waals surface area (Å²) in [5.41, 5.74) is 6.56.